The van der Waals surface area contributed by atoms with Gasteiger partial charge in [-0.15, -0.1) is 0 Å². The van der Waals surface area contributed by atoms with Crippen molar-refractivity contribution >= 4 is 5.69 Å². The highest BCUT2D eigenvalue weighted by molar-refractivity contribution is 5.56. The van der Waals surface area contributed by atoms with Gasteiger partial charge in [-0.3, -0.25) is 0 Å². The molecule has 0 amide bonds. The summed E-state index contributed by atoms with van der Waals surface area (Å²) in [5.74, 6) is 0.138. The summed E-state index contributed by atoms with van der Waals surface area (Å²) in [6.45, 7) is 1.67. The third-order valence-corrected chi connectivity index (χ3v) is 3.22. The van der Waals surface area contributed by atoms with E-state index in [0.29, 0.717) is 5.56 Å². The summed E-state index contributed by atoms with van der Waals surface area (Å²) in [6, 6.07) is 4.19. The Morgan fingerprint density at radius 3 is 2.41 bits per heavy atom. The minimum absolute atomic E-state index is 0.105. The van der Waals surface area contributed by atoms with E-state index < -0.39 is 11.7 Å². The SMILES string of the molecule is Nc1c(C2CCNCC2)cccc1C(F)(F)F. The summed E-state index contributed by atoms with van der Waals surface area (Å²) in [6.07, 6.45) is -2.69. The molecule has 3 N–H and O–H groups in total. The van der Waals surface area contributed by atoms with Crippen molar-refractivity contribution in [2.75, 3.05) is 18.8 Å². The maximum Gasteiger partial charge on any atom is 0.418 e. The summed E-state index contributed by atoms with van der Waals surface area (Å²) in [7, 11) is 0. The monoisotopic (exact) mass is 244 g/mol. The van der Waals surface area contributed by atoms with Gasteiger partial charge in [-0.2, -0.15) is 13.2 Å². The Kier molecular flexibility index (Phi) is 3.28. The van der Waals surface area contributed by atoms with Crippen molar-refractivity contribution < 1.29 is 13.2 Å². The largest absolute Gasteiger partial charge is 0.418 e. The molecule has 1 saturated heterocycles. The van der Waals surface area contributed by atoms with Crippen LogP contribution in [0.25, 0.3) is 0 Å². The van der Waals surface area contributed by atoms with Gasteiger partial charge in [-0.05, 0) is 43.5 Å². The second-order valence-corrected chi connectivity index (χ2v) is 4.33. The molecule has 1 aliphatic rings. The molecule has 0 radical (unpaired) electrons. The van der Waals surface area contributed by atoms with Crippen LogP contribution >= 0.6 is 0 Å². The van der Waals surface area contributed by atoms with Gasteiger partial charge in [0.05, 0.1) is 5.56 Å². The fraction of sp³-hybridized carbons (Fsp3) is 0.500. The first-order chi connectivity index (χ1) is 8.00. The van der Waals surface area contributed by atoms with Crippen LogP contribution in [0.4, 0.5) is 18.9 Å². The molecule has 1 fully saturated rings. The smallest absolute Gasteiger partial charge is 0.398 e. The minimum Gasteiger partial charge on any atom is -0.398 e. The van der Waals surface area contributed by atoms with Crippen molar-refractivity contribution in [3.8, 4) is 0 Å². The molecule has 0 unspecified atom stereocenters. The Bertz CT molecular complexity index is 395. The van der Waals surface area contributed by atoms with Crippen molar-refractivity contribution in [1.29, 1.82) is 0 Å². The number of hydrogen-bond acceptors (Lipinski definition) is 2. The second kappa shape index (κ2) is 4.56. The summed E-state index contributed by atoms with van der Waals surface area (Å²) in [4.78, 5) is 0. The van der Waals surface area contributed by atoms with E-state index >= 15 is 0 Å². The maximum absolute atomic E-state index is 12.7. The van der Waals surface area contributed by atoms with Crippen molar-refractivity contribution in [2.45, 2.75) is 24.9 Å². The fourth-order valence-corrected chi connectivity index (χ4v) is 2.32. The molecule has 1 aromatic carbocycles. The summed E-state index contributed by atoms with van der Waals surface area (Å²) >= 11 is 0. The Morgan fingerprint density at radius 2 is 1.82 bits per heavy atom. The molecule has 1 heterocycles. The Morgan fingerprint density at radius 1 is 1.18 bits per heavy atom. The highest BCUT2D eigenvalue weighted by Crippen LogP contribution is 2.38. The van der Waals surface area contributed by atoms with Crippen molar-refractivity contribution in [1.82, 2.24) is 5.32 Å². The van der Waals surface area contributed by atoms with E-state index in [2.05, 4.69) is 5.32 Å². The number of anilines is 1. The lowest BCUT2D eigenvalue weighted by atomic mass is 9.88. The third-order valence-electron chi connectivity index (χ3n) is 3.22. The van der Waals surface area contributed by atoms with Crippen LogP contribution < -0.4 is 11.1 Å². The van der Waals surface area contributed by atoms with Gasteiger partial charge in [0.1, 0.15) is 0 Å². The number of rotatable bonds is 1. The summed E-state index contributed by atoms with van der Waals surface area (Å²) in [5.41, 5.74) is 5.48. The molecular formula is C12H15F3N2. The van der Waals surface area contributed by atoms with Gasteiger partial charge in [0.2, 0.25) is 0 Å². The van der Waals surface area contributed by atoms with E-state index in [-0.39, 0.29) is 11.6 Å². The first-order valence-electron chi connectivity index (χ1n) is 5.66. The van der Waals surface area contributed by atoms with Gasteiger partial charge in [0.25, 0.3) is 0 Å². The number of nitrogens with two attached hydrogens (primary N) is 1. The highest BCUT2D eigenvalue weighted by atomic mass is 19.4. The van der Waals surface area contributed by atoms with Crippen LogP contribution in [-0.4, -0.2) is 13.1 Å². The number of benzene rings is 1. The van der Waals surface area contributed by atoms with Gasteiger partial charge >= 0.3 is 6.18 Å². The van der Waals surface area contributed by atoms with Crippen molar-refractivity contribution in [3.05, 3.63) is 29.3 Å². The van der Waals surface area contributed by atoms with Gasteiger partial charge in [-0.25, -0.2) is 0 Å². The standard InChI is InChI=1S/C12H15F3N2/c13-12(14,15)10-3-1-2-9(11(10)16)8-4-6-17-7-5-8/h1-3,8,17H,4-7,16H2. The molecule has 0 aliphatic carbocycles. The van der Waals surface area contributed by atoms with E-state index in [0.717, 1.165) is 32.0 Å². The summed E-state index contributed by atoms with van der Waals surface area (Å²) < 4.78 is 38.1. The lowest BCUT2D eigenvalue weighted by Gasteiger charge is -2.25. The number of halogens is 3. The average molecular weight is 244 g/mol. The normalized spacial score (nSPS) is 18.3. The molecule has 2 rings (SSSR count). The topological polar surface area (TPSA) is 38.0 Å². The number of nitrogen functional groups attached to an aromatic ring is 1. The molecule has 0 bridgehead atoms. The van der Waals surface area contributed by atoms with Gasteiger partial charge in [-0.1, -0.05) is 12.1 Å². The third kappa shape index (κ3) is 2.54. The highest BCUT2D eigenvalue weighted by Gasteiger charge is 2.34. The van der Waals surface area contributed by atoms with Crippen LogP contribution in [0, 0.1) is 0 Å². The predicted octanol–water partition coefficient (Wildman–Crippen LogP) is 2.75. The zero-order valence-electron chi connectivity index (χ0n) is 9.35. The van der Waals surface area contributed by atoms with Crippen LogP contribution in [0.2, 0.25) is 0 Å². The molecule has 94 valence electrons. The zero-order valence-corrected chi connectivity index (χ0v) is 9.35. The van der Waals surface area contributed by atoms with E-state index in [1.807, 2.05) is 0 Å². The van der Waals surface area contributed by atoms with Crippen LogP contribution in [0.15, 0.2) is 18.2 Å². The molecule has 1 aromatic rings. The maximum atomic E-state index is 12.7. The minimum atomic E-state index is -4.37. The van der Waals surface area contributed by atoms with Gasteiger partial charge in [0.15, 0.2) is 0 Å². The van der Waals surface area contributed by atoms with Crippen molar-refractivity contribution in [3.63, 3.8) is 0 Å². The lowest BCUT2D eigenvalue weighted by molar-refractivity contribution is -0.136. The molecule has 2 nitrogen and oxygen atoms in total. The number of nitrogens with one attached hydrogen (secondary N) is 1. The molecule has 17 heavy (non-hydrogen) atoms. The van der Waals surface area contributed by atoms with Crippen LogP contribution in [0.5, 0.6) is 0 Å². The quantitative estimate of drug-likeness (QED) is 0.745. The lowest BCUT2D eigenvalue weighted by Crippen LogP contribution is -2.27. The molecule has 0 atom stereocenters. The number of para-hydroxylation sites is 1. The molecule has 5 heteroatoms. The average Bonchev–Trinajstić information content (AvgIpc) is 2.29. The predicted molar refractivity (Wildman–Crippen MR) is 60.7 cm³/mol. The number of hydrogen-bond donors (Lipinski definition) is 2. The van der Waals surface area contributed by atoms with Crippen LogP contribution in [-0.2, 0) is 6.18 Å². The number of alkyl halides is 3. The zero-order chi connectivity index (χ0) is 12.5. The van der Waals surface area contributed by atoms with Crippen LogP contribution in [0.1, 0.15) is 29.9 Å². The fourth-order valence-electron chi connectivity index (χ4n) is 2.32. The first-order valence-corrected chi connectivity index (χ1v) is 5.66. The number of piperidine rings is 1. The van der Waals surface area contributed by atoms with Crippen LogP contribution in [0.3, 0.4) is 0 Å². The van der Waals surface area contributed by atoms with E-state index in [1.54, 1.807) is 6.07 Å². The Balaban J connectivity index is 2.35. The summed E-state index contributed by atoms with van der Waals surface area (Å²) in [5, 5.41) is 3.19. The van der Waals surface area contributed by atoms with Gasteiger partial charge < -0.3 is 11.1 Å². The molecule has 0 spiro atoms. The van der Waals surface area contributed by atoms with E-state index in [4.69, 9.17) is 5.73 Å². The van der Waals surface area contributed by atoms with E-state index in [9.17, 15) is 13.2 Å². The molecule has 0 aromatic heterocycles. The molecular weight excluding hydrogens is 229 g/mol. The first kappa shape index (κ1) is 12.2. The Hall–Kier alpha value is -1.23. The molecule has 0 saturated carbocycles. The van der Waals surface area contributed by atoms with E-state index in [1.165, 1.54) is 6.07 Å². The Labute approximate surface area is 98.0 Å². The molecule has 1 aliphatic heterocycles. The second-order valence-electron chi connectivity index (χ2n) is 4.33. The van der Waals surface area contributed by atoms with Gasteiger partial charge in [0, 0.05) is 5.69 Å². The van der Waals surface area contributed by atoms with Crippen molar-refractivity contribution in [2.24, 2.45) is 0 Å².